The molecule has 2 amide bonds. The van der Waals surface area contributed by atoms with E-state index in [9.17, 15) is 14.7 Å². The third-order valence-electron chi connectivity index (χ3n) is 3.52. The van der Waals surface area contributed by atoms with Crippen molar-refractivity contribution in [3.05, 3.63) is 0 Å². The summed E-state index contributed by atoms with van der Waals surface area (Å²) >= 11 is 0. The van der Waals surface area contributed by atoms with Crippen molar-refractivity contribution in [3.8, 4) is 12.3 Å². The minimum atomic E-state index is -1.31. The van der Waals surface area contributed by atoms with Crippen LogP contribution in [0.1, 0.15) is 19.3 Å². The average Bonchev–Trinajstić information content (AvgIpc) is 3.05. The summed E-state index contributed by atoms with van der Waals surface area (Å²) in [7, 11) is 0. The molecule has 104 valence electrons. The second kappa shape index (κ2) is 5.49. The van der Waals surface area contributed by atoms with Crippen LogP contribution >= 0.6 is 0 Å². The van der Waals surface area contributed by atoms with Crippen molar-refractivity contribution in [2.24, 2.45) is 5.92 Å². The topological polar surface area (TPSA) is 78.9 Å². The zero-order valence-corrected chi connectivity index (χ0v) is 10.7. The molecule has 0 aromatic carbocycles. The van der Waals surface area contributed by atoms with Crippen molar-refractivity contribution in [3.63, 3.8) is 0 Å². The fraction of sp³-hybridized carbons (Fsp3) is 0.692. The Morgan fingerprint density at radius 2 is 2.26 bits per heavy atom. The first kappa shape index (κ1) is 13.7. The molecule has 0 bridgehead atoms. The first-order valence-corrected chi connectivity index (χ1v) is 6.39. The van der Waals surface area contributed by atoms with Crippen LogP contribution < -0.4 is 5.32 Å². The van der Waals surface area contributed by atoms with Gasteiger partial charge in [0.05, 0.1) is 13.2 Å². The van der Waals surface area contributed by atoms with Gasteiger partial charge in [-0.1, -0.05) is 5.92 Å². The van der Waals surface area contributed by atoms with Gasteiger partial charge in [-0.05, 0) is 18.8 Å². The number of terminal acetylenes is 1. The third kappa shape index (κ3) is 3.18. The summed E-state index contributed by atoms with van der Waals surface area (Å²) in [5, 5.41) is 11.8. The molecule has 2 N–H and O–H groups in total. The van der Waals surface area contributed by atoms with E-state index in [-0.39, 0.29) is 19.6 Å². The van der Waals surface area contributed by atoms with Crippen molar-refractivity contribution in [2.45, 2.75) is 24.8 Å². The first-order chi connectivity index (χ1) is 9.07. The molecular weight excluding hydrogens is 248 g/mol. The maximum absolute atomic E-state index is 12.2. The lowest BCUT2D eigenvalue weighted by Crippen LogP contribution is -2.58. The SMILES string of the molecule is C#CCN(CC1CC1)C(=O)NC1(C(=O)O)CCOC1. The fourth-order valence-electron chi connectivity index (χ4n) is 2.11. The van der Waals surface area contributed by atoms with E-state index in [0.717, 1.165) is 12.8 Å². The molecule has 0 aromatic rings. The minimum Gasteiger partial charge on any atom is -0.479 e. The predicted molar refractivity (Wildman–Crippen MR) is 67.5 cm³/mol. The van der Waals surface area contributed by atoms with E-state index < -0.39 is 17.5 Å². The van der Waals surface area contributed by atoms with E-state index >= 15 is 0 Å². The number of hydrogen-bond donors (Lipinski definition) is 2. The number of nitrogens with one attached hydrogen (secondary N) is 1. The highest BCUT2D eigenvalue weighted by atomic mass is 16.5. The molecule has 2 rings (SSSR count). The molecule has 1 aliphatic carbocycles. The number of aliphatic carboxylic acids is 1. The summed E-state index contributed by atoms with van der Waals surface area (Å²) in [6.07, 6.45) is 7.73. The number of urea groups is 1. The molecule has 0 aromatic heterocycles. The Hall–Kier alpha value is -1.74. The highest BCUT2D eigenvalue weighted by Crippen LogP contribution is 2.30. The lowest BCUT2D eigenvalue weighted by atomic mass is 9.99. The molecule has 1 aliphatic heterocycles. The van der Waals surface area contributed by atoms with E-state index in [4.69, 9.17) is 11.2 Å². The maximum atomic E-state index is 12.2. The third-order valence-corrected chi connectivity index (χ3v) is 3.52. The number of ether oxygens (including phenoxy) is 1. The second-order valence-electron chi connectivity index (χ2n) is 5.15. The number of carboxylic acids is 1. The van der Waals surface area contributed by atoms with Gasteiger partial charge in [0, 0.05) is 19.6 Å². The van der Waals surface area contributed by atoms with Crippen LogP contribution in [0, 0.1) is 18.3 Å². The van der Waals surface area contributed by atoms with Crippen LogP contribution in [0.25, 0.3) is 0 Å². The van der Waals surface area contributed by atoms with E-state index in [0.29, 0.717) is 19.1 Å². The van der Waals surface area contributed by atoms with Crippen LogP contribution in [0.2, 0.25) is 0 Å². The molecule has 6 nitrogen and oxygen atoms in total. The summed E-state index contributed by atoms with van der Waals surface area (Å²) in [6, 6.07) is -0.419. The number of carboxylic acid groups (broad SMARTS) is 1. The van der Waals surface area contributed by atoms with E-state index in [2.05, 4.69) is 11.2 Å². The van der Waals surface area contributed by atoms with E-state index in [1.165, 1.54) is 4.90 Å². The van der Waals surface area contributed by atoms with Crippen LogP contribution in [-0.2, 0) is 9.53 Å². The quantitative estimate of drug-likeness (QED) is 0.701. The molecule has 1 unspecified atom stereocenters. The second-order valence-corrected chi connectivity index (χ2v) is 5.15. The van der Waals surface area contributed by atoms with Gasteiger partial charge in [0.1, 0.15) is 0 Å². The summed E-state index contributed by atoms with van der Waals surface area (Å²) in [6.45, 7) is 1.12. The summed E-state index contributed by atoms with van der Waals surface area (Å²) in [4.78, 5) is 25.0. The summed E-state index contributed by atoms with van der Waals surface area (Å²) in [5.74, 6) is 1.87. The largest absolute Gasteiger partial charge is 0.479 e. The van der Waals surface area contributed by atoms with Gasteiger partial charge in [-0.2, -0.15) is 0 Å². The Bertz CT molecular complexity index is 405. The van der Waals surface area contributed by atoms with Crippen LogP contribution in [0.5, 0.6) is 0 Å². The van der Waals surface area contributed by atoms with Crippen LogP contribution in [0.3, 0.4) is 0 Å². The lowest BCUT2D eigenvalue weighted by molar-refractivity contribution is -0.144. The van der Waals surface area contributed by atoms with Gasteiger partial charge < -0.3 is 20.1 Å². The Labute approximate surface area is 112 Å². The number of carbonyl (C=O) groups excluding carboxylic acids is 1. The molecular formula is C13H18N2O4. The van der Waals surface area contributed by atoms with Gasteiger partial charge in [0.15, 0.2) is 5.54 Å². The molecule has 19 heavy (non-hydrogen) atoms. The molecule has 0 spiro atoms. The highest BCUT2D eigenvalue weighted by Gasteiger charge is 2.45. The average molecular weight is 266 g/mol. The number of carbonyl (C=O) groups is 2. The van der Waals surface area contributed by atoms with Gasteiger partial charge in [-0.3, -0.25) is 0 Å². The van der Waals surface area contributed by atoms with Crippen LogP contribution in [0.15, 0.2) is 0 Å². The number of nitrogens with zero attached hydrogens (tertiary/aromatic N) is 1. The number of amides is 2. The molecule has 1 saturated heterocycles. The van der Waals surface area contributed by atoms with E-state index in [1.54, 1.807) is 0 Å². The zero-order valence-electron chi connectivity index (χ0n) is 10.7. The molecule has 2 fully saturated rings. The monoisotopic (exact) mass is 266 g/mol. The summed E-state index contributed by atoms with van der Waals surface area (Å²) in [5.41, 5.74) is -1.31. The molecule has 1 heterocycles. The number of hydrogen-bond acceptors (Lipinski definition) is 3. The fourth-order valence-corrected chi connectivity index (χ4v) is 2.11. The van der Waals surface area contributed by atoms with E-state index in [1.807, 2.05) is 0 Å². The van der Waals surface area contributed by atoms with Gasteiger partial charge in [-0.15, -0.1) is 6.42 Å². The van der Waals surface area contributed by atoms with Gasteiger partial charge >= 0.3 is 12.0 Å². The molecule has 6 heteroatoms. The maximum Gasteiger partial charge on any atom is 0.332 e. The Kier molecular flexibility index (Phi) is 3.96. The standard InChI is InChI=1S/C13H18N2O4/c1-2-6-15(8-10-3-4-10)12(18)14-13(11(16)17)5-7-19-9-13/h1,10H,3-9H2,(H,14,18)(H,16,17). The van der Waals surface area contributed by atoms with Crippen molar-refractivity contribution in [1.82, 2.24) is 10.2 Å². The Morgan fingerprint density at radius 1 is 1.53 bits per heavy atom. The summed E-state index contributed by atoms with van der Waals surface area (Å²) < 4.78 is 5.10. The molecule has 1 saturated carbocycles. The molecule has 0 radical (unpaired) electrons. The van der Waals surface area contributed by atoms with Crippen molar-refractivity contribution < 1.29 is 19.4 Å². The molecule has 1 atom stereocenters. The van der Waals surface area contributed by atoms with Crippen molar-refractivity contribution in [1.29, 1.82) is 0 Å². The zero-order chi connectivity index (χ0) is 13.9. The first-order valence-electron chi connectivity index (χ1n) is 6.39. The smallest absolute Gasteiger partial charge is 0.332 e. The van der Waals surface area contributed by atoms with Crippen LogP contribution in [-0.4, -0.2) is 53.8 Å². The van der Waals surface area contributed by atoms with Gasteiger partial charge in [-0.25, -0.2) is 9.59 Å². The van der Waals surface area contributed by atoms with Crippen LogP contribution in [0.4, 0.5) is 4.79 Å². The van der Waals surface area contributed by atoms with Gasteiger partial charge in [0.25, 0.3) is 0 Å². The Morgan fingerprint density at radius 3 is 2.74 bits per heavy atom. The van der Waals surface area contributed by atoms with Crippen molar-refractivity contribution >= 4 is 12.0 Å². The molecule has 2 aliphatic rings. The van der Waals surface area contributed by atoms with Gasteiger partial charge in [0.2, 0.25) is 0 Å². The Balaban J connectivity index is 2.00. The predicted octanol–water partition coefficient (Wildman–Crippen LogP) is 0.285. The normalized spacial score (nSPS) is 25.6. The number of rotatable bonds is 5. The lowest BCUT2D eigenvalue weighted by Gasteiger charge is -2.28. The van der Waals surface area contributed by atoms with Crippen molar-refractivity contribution in [2.75, 3.05) is 26.3 Å². The minimum absolute atomic E-state index is 0.00138. The highest BCUT2D eigenvalue weighted by molar-refractivity contribution is 5.86.